The van der Waals surface area contributed by atoms with Gasteiger partial charge in [0.2, 0.25) is 11.7 Å². The van der Waals surface area contributed by atoms with E-state index in [9.17, 15) is 0 Å². The maximum Gasteiger partial charge on any atom is 0.230 e. The summed E-state index contributed by atoms with van der Waals surface area (Å²) in [6.07, 6.45) is 8.07. The quantitative estimate of drug-likeness (QED) is 0.801. The average molecular weight is 323 g/mol. The number of benzene rings is 1. The molecule has 3 heterocycles. The van der Waals surface area contributed by atoms with Crippen LogP contribution in [0, 0.1) is 0 Å². The average Bonchev–Trinajstić information content (AvgIpc) is 3.20. The number of fused-ring (bicyclic) bond motifs is 1. The van der Waals surface area contributed by atoms with E-state index in [4.69, 9.17) is 9.62 Å². The Labute approximate surface area is 140 Å². The molecule has 1 N–H and O–H groups in total. The van der Waals surface area contributed by atoms with E-state index in [1.54, 1.807) is 0 Å². The molecular weight excluding hydrogens is 302 g/mol. The first-order chi connectivity index (χ1) is 11.9. The van der Waals surface area contributed by atoms with Crippen LogP contribution in [-0.4, -0.2) is 33.0 Å². The standard InChI is InChI=1S/C18H21N5O/c1-2-15(3-1)23-11-14-5-4-13(10-16(14)21-23)17-20-18(24-22-17)12-6-8-19-9-7-12/h4-5,10-12,15,19H,1-3,6-9H2. The van der Waals surface area contributed by atoms with Gasteiger partial charge in [0.05, 0.1) is 11.6 Å². The largest absolute Gasteiger partial charge is 0.339 e. The molecule has 1 aromatic carbocycles. The second kappa shape index (κ2) is 5.70. The van der Waals surface area contributed by atoms with E-state index >= 15 is 0 Å². The second-order valence-electron chi connectivity index (χ2n) is 6.95. The predicted molar refractivity (Wildman–Crippen MR) is 90.8 cm³/mol. The SMILES string of the molecule is c1cc2cn(C3CCC3)nc2cc1-c1noc(C2CCNCC2)n1. The maximum atomic E-state index is 5.53. The highest BCUT2D eigenvalue weighted by atomic mass is 16.5. The first kappa shape index (κ1) is 14.2. The molecule has 2 aromatic heterocycles. The van der Waals surface area contributed by atoms with Crippen molar-refractivity contribution < 1.29 is 4.52 Å². The summed E-state index contributed by atoms with van der Waals surface area (Å²) in [6.45, 7) is 2.04. The van der Waals surface area contributed by atoms with Crippen LogP contribution in [-0.2, 0) is 0 Å². The predicted octanol–water partition coefficient (Wildman–Crippen LogP) is 3.28. The Kier molecular flexibility index (Phi) is 3.36. The van der Waals surface area contributed by atoms with Gasteiger partial charge >= 0.3 is 0 Å². The van der Waals surface area contributed by atoms with Gasteiger partial charge in [0, 0.05) is 23.1 Å². The van der Waals surface area contributed by atoms with Crippen LogP contribution in [0.1, 0.15) is 50.0 Å². The Balaban J connectivity index is 1.44. The van der Waals surface area contributed by atoms with Crippen molar-refractivity contribution in [1.29, 1.82) is 0 Å². The van der Waals surface area contributed by atoms with Gasteiger partial charge in [-0.15, -0.1) is 0 Å². The van der Waals surface area contributed by atoms with Crippen LogP contribution in [0.4, 0.5) is 0 Å². The van der Waals surface area contributed by atoms with Gasteiger partial charge in [0.25, 0.3) is 0 Å². The third-order valence-electron chi connectivity index (χ3n) is 5.36. The number of hydrogen-bond donors (Lipinski definition) is 1. The van der Waals surface area contributed by atoms with Gasteiger partial charge in [-0.1, -0.05) is 17.3 Å². The van der Waals surface area contributed by atoms with E-state index in [0.717, 1.165) is 42.9 Å². The number of hydrogen-bond acceptors (Lipinski definition) is 5. The van der Waals surface area contributed by atoms with Crippen LogP contribution in [0.5, 0.6) is 0 Å². The minimum absolute atomic E-state index is 0.383. The summed E-state index contributed by atoms with van der Waals surface area (Å²) < 4.78 is 7.65. The molecule has 5 rings (SSSR count). The molecule has 0 atom stereocenters. The summed E-state index contributed by atoms with van der Waals surface area (Å²) in [4.78, 5) is 4.64. The van der Waals surface area contributed by atoms with Crippen LogP contribution in [0.25, 0.3) is 22.3 Å². The molecule has 1 saturated heterocycles. The molecule has 1 aliphatic heterocycles. The molecule has 6 heteroatoms. The fraction of sp³-hybridized carbons (Fsp3) is 0.500. The van der Waals surface area contributed by atoms with Gasteiger partial charge in [0.15, 0.2) is 0 Å². The van der Waals surface area contributed by atoms with Crippen LogP contribution >= 0.6 is 0 Å². The first-order valence-electron chi connectivity index (χ1n) is 8.90. The summed E-state index contributed by atoms with van der Waals surface area (Å²) in [7, 11) is 0. The lowest BCUT2D eigenvalue weighted by Gasteiger charge is -2.25. The van der Waals surface area contributed by atoms with E-state index < -0.39 is 0 Å². The Morgan fingerprint density at radius 2 is 2.00 bits per heavy atom. The van der Waals surface area contributed by atoms with Gasteiger partial charge in [-0.3, -0.25) is 4.68 Å². The van der Waals surface area contributed by atoms with Crippen molar-refractivity contribution >= 4 is 10.9 Å². The minimum atomic E-state index is 0.383. The van der Waals surface area contributed by atoms with Crippen molar-refractivity contribution in [2.45, 2.75) is 44.1 Å². The summed E-state index contributed by atoms with van der Waals surface area (Å²) in [5.74, 6) is 1.82. The molecule has 2 fully saturated rings. The molecule has 6 nitrogen and oxygen atoms in total. The van der Waals surface area contributed by atoms with Crippen molar-refractivity contribution in [3.05, 3.63) is 30.3 Å². The van der Waals surface area contributed by atoms with E-state index in [1.165, 1.54) is 24.6 Å². The molecule has 0 bridgehead atoms. The normalized spacial score (nSPS) is 19.7. The monoisotopic (exact) mass is 323 g/mol. The Morgan fingerprint density at radius 3 is 2.79 bits per heavy atom. The van der Waals surface area contributed by atoms with Crippen molar-refractivity contribution in [3.63, 3.8) is 0 Å². The molecule has 124 valence electrons. The van der Waals surface area contributed by atoms with Crippen molar-refractivity contribution in [3.8, 4) is 11.4 Å². The lowest BCUT2D eigenvalue weighted by atomic mass is 9.93. The molecule has 24 heavy (non-hydrogen) atoms. The van der Waals surface area contributed by atoms with Crippen LogP contribution in [0.15, 0.2) is 28.9 Å². The van der Waals surface area contributed by atoms with Gasteiger partial charge in [0.1, 0.15) is 0 Å². The highest BCUT2D eigenvalue weighted by Gasteiger charge is 2.23. The number of nitrogens with zero attached hydrogens (tertiary/aromatic N) is 4. The number of piperidine rings is 1. The van der Waals surface area contributed by atoms with E-state index in [1.807, 2.05) is 0 Å². The first-order valence-corrected chi connectivity index (χ1v) is 8.90. The van der Waals surface area contributed by atoms with Crippen LogP contribution < -0.4 is 5.32 Å². The van der Waals surface area contributed by atoms with E-state index in [-0.39, 0.29) is 0 Å². The maximum absolute atomic E-state index is 5.53. The molecule has 2 aliphatic rings. The molecule has 0 unspecified atom stereocenters. The number of nitrogens with one attached hydrogen (secondary N) is 1. The summed E-state index contributed by atoms with van der Waals surface area (Å²) >= 11 is 0. The fourth-order valence-corrected chi connectivity index (χ4v) is 3.60. The third-order valence-corrected chi connectivity index (χ3v) is 5.36. The molecule has 3 aromatic rings. The van der Waals surface area contributed by atoms with Gasteiger partial charge in [-0.05, 0) is 51.3 Å². The van der Waals surface area contributed by atoms with Crippen LogP contribution in [0.3, 0.4) is 0 Å². The molecule has 1 saturated carbocycles. The van der Waals surface area contributed by atoms with Gasteiger partial charge < -0.3 is 9.84 Å². The summed E-state index contributed by atoms with van der Waals surface area (Å²) in [5, 5.41) is 13.5. The smallest absolute Gasteiger partial charge is 0.230 e. The lowest BCUT2D eigenvalue weighted by molar-refractivity contribution is 0.291. The van der Waals surface area contributed by atoms with Crippen molar-refractivity contribution in [2.24, 2.45) is 0 Å². The number of aromatic nitrogens is 4. The Hall–Kier alpha value is -2.21. The highest BCUT2D eigenvalue weighted by molar-refractivity contribution is 5.82. The van der Waals surface area contributed by atoms with Gasteiger partial charge in [-0.2, -0.15) is 10.1 Å². The topological polar surface area (TPSA) is 68.8 Å². The van der Waals surface area contributed by atoms with Crippen molar-refractivity contribution in [2.75, 3.05) is 13.1 Å². The van der Waals surface area contributed by atoms with E-state index in [0.29, 0.717) is 17.8 Å². The highest BCUT2D eigenvalue weighted by Crippen LogP contribution is 2.33. The zero-order valence-corrected chi connectivity index (χ0v) is 13.6. The zero-order valence-electron chi connectivity index (χ0n) is 13.6. The van der Waals surface area contributed by atoms with Crippen molar-refractivity contribution in [1.82, 2.24) is 25.2 Å². The van der Waals surface area contributed by atoms with E-state index in [2.05, 4.69) is 44.5 Å². The Bertz CT molecular complexity index is 857. The summed E-state index contributed by atoms with van der Waals surface area (Å²) in [6, 6.07) is 6.82. The number of rotatable bonds is 3. The lowest BCUT2D eigenvalue weighted by Crippen LogP contribution is -2.26. The summed E-state index contributed by atoms with van der Waals surface area (Å²) in [5.41, 5.74) is 1.98. The fourth-order valence-electron chi connectivity index (χ4n) is 3.60. The zero-order chi connectivity index (χ0) is 15.9. The molecule has 0 radical (unpaired) electrons. The minimum Gasteiger partial charge on any atom is -0.339 e. The molecular formula is C18H21N5O. The molecule has 0 amide bonds. The molecule has 1 aliphatic carbocycles. The molecule has 0 spiro atoms. The van der Waals surface area contributed by atoms with Gasteiger partial charge in [-0.25, -0.2) is 0 Å². The second-order valence-corrected chi connectivity index (χ2v) is 6.95. The Morgan fingerprint density at radius 1 is 1.12 bits per heavy atom. The third kappa shape index (κ3) is 2.41. The van der Waals surface area contributed by atoms with Crippen LogP contribution in [0.2, 0.25) is 0 Å².